The average Bonchev–Trinajstić information content (AvgIpc) is 2.43. The van der Waals surface area contributed by atoms with Crippen LogP contribution in [0.5, 0.6) is 0 Å². The Balaban J connectivity index is 1.94. The van der Waals surface area contributed by atoms with Crippen LogP contribution in [0.1, 0.15) is 66.2 Å². The van der Waals surface area contributed by atoms with Crippen LogP contribution in [0.2, 0.25) is 0 Å². The van der Waals surface area contributed by atoms with Crippen molar-refractivity contribution in [1.82, 2.24) is 0 Å². The Kier molecular flexibility index (Phi) is 3.52. The molecule has 0 aliphatic heterocycles. The van der Waals surface area contributed by atoms with Gasteiger partial charge in [-0.3, -0.25) is 4.79 Å². The lowest BCUT2D eigenvalue weighted by atomic mass is 9.45. The van der Waals surface area contributed by atoms with Crippen molar-refractivity contribution >= 4 is 5.97 Å². The van der Waals surface area contributed by atoms with Crippen LogP contribution in [0.25, 0.3) is 0 Å². The normalized spacial score (nSPS) is 47.1. The molecular weight excluding hydrogens is 276 g/mol. The summed E-state index contributed by atoms with van der Waals surface area (Å²) in [6.45, 7) is 8.72. The van der Waals surface area contributed by atoms with Crippen molar-refractivity contribution in [2.75, 3.05) is 0 Å². The molecule has 0 aromatic heterocycles. The van der Waals surface area contributed by atoms with Gasteiger partial charge in [0, 0.05) is 0 Å². The Morgan fingerprint density at radius 1 is 1.18 bits per heavy atom. The predicted octanol–water partition coefficient (Wildman–Crippen LogP) is 4.01. The van der Waals surface area contributed by atoms with Crippen LogP contribution in [-0.4, -0.2) is 22.3 Å². The summed E-state index contributed by atoms with van der Waals surface area (Å²) in [5, 5.41) is 20.0. The van der Waals surface area contributed by atoms with Gasteiger partial charge in [-0.05, 0) is 68.1 Å². The molecule has 3 rings (SSSR count). The summed E-state index contributed by atoms with van der Waals surface area (Å²) < 4.78 is 0. The van der Waals surface area contributed by atoms with E-state index < -0.39 is 11.4 Å². The maximum atomic E-state index is 11.6. The van der Waals surface area contributed by atoms with E-state index in [0.717, 1.165) is 32.1 Å². The van der Waals surface area contributed by atoms with Crippen LogP contribution in [0.15, 0.2) is 11.6 Å². The minimum absolute atomic E-state index is 0.0530. The molecule has 5 atom stereocenters. The molecule has 124 valence electrons. The van der Waals surface area contributed by atoms with E-state index in [1.54, 1.807) is 0 Å². The third kappa shape index (κ3) is 2.08. The zero-order valence-electron chi connectivity index (χ0n) is 14.4. The van der Waals surface area contributed by atoms with Crippen molar-refractivity contribution in [2.24, 2.45) is 28.1 Å². The fourth-order valence-corrected chi connectivity index (χ4v) is 5.80. The lowest BCUT2D eigenvalue weighted by Crippen LogP contribution is -2.55. The molecule has 3 heteroatoms. The van der Waals surface area contributed by atoms with Gasteiger partial charge in [-0.25, -0.2) is 0 Å². The predicted molar refractivity (Wildman–Crippen MR) is 86.4 cm³/mol. The summed E-state index contributed by atoms with van der Waals surface area (Å²) in [5.74, 6) is 0.343. The summed E-state index contributed by atoms with van der Waals surface area (Å²) >= 11 is 0. The molecule has 0 spiro atoms. The number of fused-ring (bicyclic) bond motifs is 3. The van der Waals surface area contributed by atoms with Gasteiger partial charge in [-0.15, -0.1) is 0 Å². The first kappa shape index (κ1) is 16.0. The van der Waals surface area contributed by atoms with Crippen LogP contribution >= 0.6 is 0 Å². The third-order valence-corrected chi connectivity index (χ3v) is 7.46. The fraction of sp³-hybridized carbons (Fsp3) is 0.842. The molecule has 0 bridgehead atoms. The molecule has 0 aromatic carbocycles. The summed E-state index contributed by atoms with van der Waals surface area (Å²) in [6.07, 6.45) is 7.49. The van der Waals surface area contributed by atoms with Gasteiger partial charge < -0.3 is 10.2 Å². The zero-order valence-corrected chi connectivity index (χ0v) is 14.4. The zero-order chi connectivity index (χ0) is 16.3. The molecule has 2 saturated carbocycles. The highest BCUT2D eigenvalue weighted by Gasteiger charge is 2.57. The number of aliphatic hydroxyl groups excluding tert-OH is 1. The van der Waals surface area contributed by atoms with Gasteiger partial charge in [-0.1, -0.05) is 32.4 Å². The Morgan fingerprint density at radius 3 is 2.50 bits per heavy atom. The van der Waals surface area contributed by atoms with Crippen LogP contribution in [-0.2, 0) is 4.79 Å². The second-order valence-electron chi connectivity index (χ2n) is 9.08. The number of rotatable bonds is 1. The van der Waals surface area contributed by atoms with E-state index in [-0.39, 0.29) is 16.9 Å². The van der Waals surface area contributed by atoms with Crippen molar-refractivity contribution < 1.29 is 15.0 Å². The fourth-order valence-electron chi connectivity index (χ4n) is 5.80. The largest absolute Gasteiger partial charge is 0.481 e. The summed E-state index contributed by atoms with van der Waals surface area (Å²) in [7, 11) is 0. The first-order valence-electron chi connectivity index (χ1n) is 8.72. The van der Waals surface area contributed by atoms with Crippen LogP contribution in [0.4, 0.5) is 0 Å². The molecule has 0 saturated heterocycles. The molecule has 2 N–H and O–H groups in total. The van der Waals surface area contributed by atoms with Crippen molar-refractivity contribution in [3.63, 3.8) is 0 Å². The highest BCUT2D eigenvalue weighted by molar-refractivity contribution is 5.75. The Morgan fingerprint density at radius 2 is 1.86 bits per heavy atom. The van der Waals surface area contributed by atoms with E-state index in [4.69, 9.17) is 0 Å². The molecule has 3 nitrogen and oxygen atoms in total. The number of aliphatic hydroxyl groups is 1. The minimum atomic E-state index is -0.654. The molecule has 0 radical (unpaired) electrons. The lowest BCUT2D eigenvalue weighted by molar-refractivity contribution is -0.152. The van der Waals surface area contributed by atoms with Gasteiger partial charge in [0.05, 0.1) is 11.5 Å². The van der Waals surface area contributed by atoms with Crippen molar-refractivity contribution in [1.29, 1.82) is 0 Å². The number of carboxylic acid groups (broad SMARTS) is 1. The molecule has 5 unspecified atom stereocenters. The molecule has 0 aromatic rings. The number of aliphatic carboxylic acids is 1. The van der Waals surface area contributed by atoms with Gasteiger partial charge >= 0.3 is 5.97 Å². The number of hydrogen-bond donors (Lipinski definition) is 2. The van der Waals surface area contributed by atoms with Crippen LogP contribution < -0.4 is 0 Å². The molecular formula is C19H30O3. The number of carbonyl (C=O) groups is 1. The summed E-state index contributed by atoms with van der Waals surface area (Å²) in [4.78, 5) is 11.6. The maximum absolute atomic E-state index is 11.6. The first-order chi connectivity index (χ1) is 10.1. The molecule has 2 fully saturated rings. The van der Waals surface area contributed by atoms with Crippen LogP contribution in [0, 0.1) is 28.1 Å². The highest BCUT2D eigenvalue weighted by Crippen LogP contribution is 2.63. The molecule has 3 aliphatic carbocycles. The number of hydrogen-bond acceptors (Lipinski definition) is 2. The van der Waals surface area contributed by atoms with Crippen molar-refractivity contribution in [2.45, 2.75) is 72.3 Å². The lowest BCUT2D eigenvalue weighted by Gasteiger charge is -2.60. The average molecular weight is 306 g/mol. The third-order valence-electron chi connectivity index (χ3n) is 7.46. The van der Waals surface area contributed by atoms with Gasteiger partial charge in [0.2, 0.25) is 0 Å². The van der Waals surface area contributed by atoms with Gasteiger partial charge in [-0.2, -0.15) is 0 Å². The van der Waals surface area contributed by atoms with E-state index in [9.17, 15) is 15.0 Å². The van der Waals surface area contributed by atoms with Crippen molar-refractivity contribution in [3.05, 3.63) is 11.6 Å². The maximum Gasteiger partial charge on any atom is 0.309 e. The second-order valence-corrected chi connectivity index (χ2v) is 9.08. The first-order valence-corrected chi connectivity index (χ1v) is 8.72. The van der Waals surface area contributed by atoms with Crippen LogP contribution in [0.3, 0.4) is 0 Å². The van der Waals surface area contributed by atoms with E-state index in [1.165, 1.54) is 5.57 Å². The second kappa shape index (κ2) is 4.83. The molecule has 0 heterocycles. The quantitative estimate of drug-likeness (QED) is 0.720. The molecule has 22 heavy (non-hydrogen) atoms. The highest BCUT2D eigenvalue weighted by atomic mass is 16.4. The summed E-state index contributed by atoms with van der Waals surface area (Å²) in [6, 6.07) is 0. The van der Waals surface area contributed by atoms with E-state index in [0.29, 0.717) is 18.3 Å². The van der Waals surface area contributed by atoms with Gasteiger partial charge in [0.1, 0.15) is 0 Å². The SMILES string of the molecule is CC1(C(=O)O)CCC2C(=CCC3C(C)(C)C(O)CCC23C)C1. The van der Waals surface area contributed by atoms with Gasteiger partial charge in [0.25, 0.3) is 0 Å². The van der Waals surface area contributed by atoms with E-state index in [2.05, 4.69) is 26.8 Å². The molecule has 0 amide bonds. The number of allylic oxidation sites excluding steroid dienone is 2. The minimum Gasteiger partial charge on any atom is -0.481 e. The Bertz CT molecular complexity index is 521. The van der Waals surface area contributed by atoms with E-state index in [1.807, 2.05) is 6.92 Å². The number of carboxylic acids is 1. The van der Waals surface area contributed by atoms with Gasteiger partial charge in [0.15, 0.2) is 0 Å². The standard InChI is InChI=1S/C19H30O3/c1-17(2)14-6-5-12-11-18(3,16(21)22)9-7-13(12)19(14,4)10-8-15(17)20/h5,13-15,20H,6-11H2,1-4H3,(H,21,22). The Labute approximate surface area is 133 Å². The topological polar surface area (TPSA) is 57.5 Å². The smallest absolute Gasteiger partial charge is 0.309 e. The van der Waals surface area contributed by atoms with E-state index >= 15 is 0 Å². The molecule has 3 aliphatic rings. The monoisotopic (exact) mass is 306 g/mol. The summed E-state index contributed by atoms with van der Waals surface area (Å²) in [5.41, 5.74) is 0.951. The van der Waals surface area contributed by atoms with Crippen molar-refractivity contribution in [3.8, 4) is 0 Å². The Hall–Kier alpha value is -0.830.